The third-order valence-corrected chi connectivity index (χ3v) is 6.47. The molecule has 2 aromatic carbocycles. The molecule has 0 saturated carbocycles. The van der Waals surface area contributed by atoms with Crippen molar-refractivity contribution >= 4 is 17.9 Å². The number of nitrogens with zero attached hydrogens (tertiary/aromatic N) is 4. The monoisotopic (exact) mass is 544 g/mol. The van der Waals surface area contributed by atoms with Crippen molar-refractivity contribution in [3.8, 4) is 17.6 Å². The summed E-state index contributed by atoms with van der Waals surface area (Å²) in [6.07, 6.45) is -0.433. The second-order valence-corrected chi connectivity index (χ2v) is 9.11. The summed E-state index contributed by atoms with van der Waals surface area (Å²) in [4.78, 5) is 33.4. The van der Waals surface area contributed by atoms with E-state index in [1.807, 2.05) is 41.3 Å². The summed E-state index contributed by atoms with van der Waals surface area (Å²) in [5.41, 5.74) is 2.91. The van der Waals surface area contributed by atoms with Gasteiger partial charge in [-0.15, -0.1) is 0 Å². The maximum absolute atomic E-state index is 12.8. The van der Waals surface area contributed by atoms with Gasteiger partial charge in [0.1, 0.15) is 30.7 Å². The highest BCUT2D eigenvalue weighted by molar-refractivity contribution is 5.95. The molecule has 1 aliphatic rings. The Bertz CT molecular complexity index is 1380. The Morgan fingerprint density at radius 2 is 1.70 bits per heavy atom. The lowest BCUT2D eigenvalue weighted by Crippen LogP contribution is -2.49. The number of benzene rings is 2. The van der Waals surface area contributed by atoms with E-state index in [0.717, 1.165) is 11.1 Å². The number of carbonyl (C=O) groups excluding carboxylic acids is 2. The number of piperazine rings is 1. The van der Waals surface area contributed by atoms with Crippen LogP contribution >= 0.6 is 0 Å². The second kappa shape index (κ2) is 13.3. The summed E-state index contributed by atoms with van der Waals surface area (Å²) in [6.45, 7) is 5.81. The average Bonchev–Trinajstić information content (AvgIpc) is 2.99. The van der Waals surface area contributed by atoms with E-state index in [9.17, 15) is 14.9 Å². The fourth-order valence-corrected chi connectivity index (χ4v) is 4.30. The summed E-state index contributed by atoms with van der Waals surface area (Å²) < 4.78 is 22.1. The Hall–Kier alpha value is -4.78. The molecule has 1 fully saturated rings. The normalized spacial score (nSPS) is 12.8. The molecule has 0 spiro atoms. The van der Waals surface area contributed by atoms with Gasteiger partial charge in [0.2, 0.25) is 0 Å². The van der Waals surface area contributed by atoms with E-state index in [2.05, 4.69) is 11.1 Å². The number of methoxy groups -OCH3 is 1. The molecule has 0 unspecified atom stereocenters. The number of anilines is 1. The first-order chi connectivity index (χ1) is 19.4. The molecule has 4 rings (SSSR count). The van der Waals surface area contributed by atoms with Gasteiger partial charge >= 0.3 is 12.1 Å². The molecule has 3 aromatic rings. The summed E-state index contributed by atoms with van der Waals surface area (Å²) in [7, 11) is 1.57. The molecular formula is C30H32N4O6. The van der Waals surface area contributed by atoms with Crippen LogP contribution in [0.3, 0.4) is 0 Å². The van der Waals surface area contributed by atoms with E-state index >= 15 is 0 Å². The van der Waals surface area contributed by atoms with Crippen molar-refractivity contribution < 1.29 is 28.5 Å². The van der Waals surface area contributed by atoms with Crippen molar-refractivity contribution in [2.24, 2.45) is 0 Å². The molecule has 0 N–H and O–H groups in total. The zero-order chi connectivity index (χ0) is 28.5. The highest BCUT2D eigenvalue weighted by Crippen LogP contribution is 2.29. The van der Waals surface area contributed by atoms with Gasteiger partial charge < -0.3 is 28.7 Å². The van der Waals surface area contributed by atoms with E-state index in [0.29, 0.717) is 61.4 Å². The van der Waals surface area contributed by atoms with Crippen LogP contribution in [0.1, 0.15) is 39.7 Å². The van der Waals surface area contributed by atoms with E-state index in [-0.39, 0.29) is 18.8 Å². The van der Waals surface area contributed by atoms with Gasteiger partial charge in [-0.25, -0.2) is 14.6 Å². The average molecular weight is 545 g/mol. The fraction of sp³-hybridized carbons (Fsp3) is 0.333. The molecule has 1 aliphatic heterocycles. The van der Waals surface area contributed by atoms with Crippen LogP contribution in [0, 0.1) is 18.3 Å². The lowest BCUT2D eigenvalue weighted by Gasteiger charge is -2.35. The SMILES string of the molecule is CCOC(=O)c1cc(C#N)c(C)nc1N1CCN(C(=O)OCc2ccc(OCc3ccccc3)c(OC)c2)CC1. The summed E-state index contributed by atoms with van der Waals surface area (Å²) in [6, 6.07) is 18.9. The van der Waals surface area contributed by atoms with Crippen molar-refractivity contribution in [3.05, 3.63) is 82.5 Å². The highest BCUT2D eigenvalue weighted by atomic mass is 16.6. The summed E-state index contributed by atoms with van der Waals surface area (Å²) in [5, 5.41) is 9.37. The molecule has 1 saturated heterocycles. The lowest BCUT2D eigenvalue weighted by molar-refractivity contribution is 0.0525. The third-order valence-electron chi connectivity index (χ3n) is 6.47. The molecule has 1 amide bonds. The van der Waals surface area contributed by atoms with Crippen LogP contribution in [0.2, 0.25) is 0 Å². The van der Waals surface area contributed by atoms with Gasteiger partial charge in [0.15, 0.2) is 11.5 Å². The quantitative estimate of drug-likeness (QED) is 0.360. The minimum atomic E-state index is -0.532. The minimum absolute atomic E-state index is 0.0811. The topological polar surface area (TPSA) is 114 Å². The molecule has 0 bridgehead atoms. The molecule has 40 heavy (non-hydrogen) atoms. The Kier molecular flexibility index (Phi) is 9.41. The van der Waals surface area contributed by atoms with Gasteiger partial charge in [-0.3, -0.25) is 0 Å². The van der Waals surface area contributed by atoms with Crippen LogP contribution in [-0.2, 0) is 22.7 Å². The number of pyridine rings is 1. The first-order valence-corrected chi connectivity index (χ1v) is 13.0. The van der Waals surface area contributed by atoms with E-state index in [1.54, 1.807) is 38.0 Å². The van der Waals surface area contributed by atoms with Crippen LogP contribution in [0.4, 0.5) is 10.6 Å². The van der Waals surface area contributed by atoms with Gasteiger partial charge in [0.05, 0.1) is 25.0 Å². The Morgan fingerprint density at radius 3 is 2.38 bits per heavy atom. The third kappa shape index (κ3) is 6.80. The van der Waals surface area contributed by atoms with Gasteiger partial charge in [0.25, 0.3) is 0 Å². The van der Waals surface area contributed by atoms with Crippen molar-refractivity contribution in [3.63, 3.8) is 0 Å². The number of hydrogen-bond donors (Lipinski definition) is 0. The molecule has 10 nitrogen and oxygen atoms in total. The number of hydrogen-bond acceptors (Lipinski definition) is 9. The number of nitriles is 1. The first kappa shape index (κ1) is 28.2. The molecule has 208 valence electrons. The second-order valence-electron chi connectivity index (χ2n) is 9.11. The maximum atomic E-state index is 12.8. The predicted octanol–water partition coefficient (Wildman–Crippen LogP) is 4.48. The molecule has 2 heterocycles. The molecule has 0 radical (unpaired) electrons. The van der Waals surface area contributed by atoms with Crippen molar-refractivity contribution in [1.29, 1.82) is 5.26 Å². The van der Waals surface area contributed by atoms with Crippen LogP contribution < -0.4 is 14.4 Å². The van der Waals surface area contributed by atoms with Crippen molar-refractivity contribution in [1.82, 2.24) is 9.88 Å². The number of carbonyl (C=O) groups is 2. The van der Waals surface area contributed by atoms with Crippen LogP contribution in [0.25, 0.3) is 0 Å². The number of aryl methyl sites for hydroxylation is 1. The van der Waals surface area contributed by atoms with E-state index in [4.69, 9.17) is 18.9 Å². The number of ether oxygens (including phenoxy) is 4. The number of amides is 1. The van der Waals surface area contributed by atoms with Crippen LogP contribution in [0.15, 0.2) is 54.6 Å². The lowest BCUT2D eigenvalue weighted by atomic mass is 10.1. The first-order valence-electron chi connectivity index (χ1n) is 13.0. The number of aromatic nitrogens is 1. The molecule has 10 heteroatoms. The summed E-state index contributed by atoms with van der Waals surface area (Å²) in [5.74, 6) is 1.08. The molecule has 1 aromatic heterocycles. The minimum Gasteiger partial charge on any atom is -0.493 e. The highest BCUT2D eigenvalue weighted by Gasteiger charge is 2.27. The predicted molar refractivity (Wildman–Crippen MR) is 147 cm³/mol. The number of rotatable bonds is 9. The Labute approximate surface area is 233 Å². The molecular weight excluding hydrogens is 512 g/mol. The largest absolute Gasteiger partial charge is 0.493 e. The summed E-state index contributed by atoms with van der Waals surface area (Å²) >= 11 is 0. The molecule has 0 atom stereocenters. The zero-order valence-corrected chi connectivity index (χ0v) is 22.9. The Balaban J connectivity index is 1.33. The van der Waals surface area contributed by atoms with E-state index < -0.39 is 12.1 Å². The van der Waals surface area contributed by atoms with Crippen LogP contribution in [0.5, 0.6) is 11.5 Å². The van der Waals surface area contributed by atoms with Crippen molar-refractivity contribution in [2.75, 3.05) is 44.8 Å². The molecule has 0 aliphatic carbocycles. The van der Waals surface area contributed by atoms with Gasteiger partial charge in [-0.1, -0.05) is 36.4 Å². The van der Waals surface area contributed by atoms with Gasteiger partial charge in [0, 0.05) is 26.2 Å². The van der Waals surface area contributed by atoms with Crippen LogP contribution in [-0.4, -0.2) is 61.8 Å². The Morgan fingerprint density at radius 1 is 0.950 bits per heavy atom. The van der Waals surface area contributed by atoms with Gasteiger partial charge in [-0.2, -0.15) is 5.26 Å². The zero-order valence-electron chi connectivity index (χ0n) is 22.9. The standard InChI is InChI=1S/C30H32N4O6/c1-4-38-29(35)25-17-24(18-31)21(2)32-28(25)33-12-14-34(15-13-33)30(36)40-20-23-10-11-26(27(16-23)37-3)39-19-22-8-6-5-7-9-22/h5-11,16-17H,4,12-15,19-20H2,1-3H3. The maximum Gasteiger partial charge on any atom is 0.410 e. The van der Waals surface area contributed by atoms with Gasteiger partial charge in [-0.05, 0) is 43.2 Å². The number of esters is 1. The fourth-order valence-electron chi connectivity index (χ4n) is 4.30. The van der Waals surface area contributed by atoms with Crippen molar-refractivity contribution in [2.45, 2.75) is 27.1 Å². The van der Waals surface area contributed by atoms with E-state index in [1.165, 1.54) is 6.07 Å². The smallest absolute Gasteiger partial charge is 0.410 e.